The van der Waals surface area contributed by atoms with Gasteiger partial charge in [0, 0.05) is 30.4 Å². The predicted octanol–water partition coefficient (Wildman–Crippen LogP) is 2.18. The SMILES string of the molecule is CSC1=C2C=NC[C@@H](C)C2=C(c2ccn[nH]2)S1=O. The molecule has 0 aromatic carbocycles. The maximum absolute atomic E-state index is 12.6. The summed E-state index contributed by atoms with van der Waals surface area (Å²) in [6.45, 7) is 2.89. The van der Waals surface area contributed by atoms with E-state index in [1.54, 1.807) is 18.0 Å². The zero-order valence-electron chi connectivity index (χ0n) is 10.1. The zero-order valence-corrected chi connectivity index (χ0v) is 11.8. The van der Waals surface area contributed by atoms with Crippen LogP contribution >= 0.6 is 11.8 Å². The second-order valence-corrected chi connectivity index (χ2v) is 6.71. The monoisotopic (exact) mass is 279 g/mol. The van der Waals surface area contributed by atoms with Crippen LogP contribution in [0.1, 0.15) is 12.6 Å². The van der Waals surface area contributed by atoms with Crippen molar-refractivity contribution in [2.24, 2.45) is 10.9 Å². The summed E-state index contributed by atoms with van der Waals surface area (Å²) >= 11 is 1.54. The lowest BCUT2D eigenvalue weighted by Crippen LogP contribution is -2.12. The molecule has 1 N–H and O–H groups in total. The first kappa shape index (κ1) is 11.9. The number of fused-ring (bicyclic) bond motifs is 1. The quantitative estimate of drug-likeness (QED) is 0.902. The van der Waals surface area contributed by atoms with E-state index >= 15 is 0 Å². The third-order valence-corrected chi connectivity index (χ3v) is 6.04. The Kier molecular flexibility index (Phi) is 2.99. The zero-order chi connectivity index (χ0) is 12.7. The number of hydrogen-bond acceptors (Lipinski definition) is 4. The van der Waals surface area contributed by atoms with E-state index in [-0.39, 0.29) is 0 Å². The van der Waals surface area contributed by atoms with Crippen LogP contribution in [0.3, 0.4) is 0 Å². The number of aromatic amines is 1. The molecular weight excluding hydrogens is 266 g/mol. The van der Waals surface area contributed by atoms with E-state index in [4.69, 9.17) is 0 Å². The summed E-state index contributed by atoms with van der Waals surface area (Å²) in [5.74, 6) is 0.303. The number of allylic oxidation sites excluding steroid dienone is 1. The van der Waals surface area contributed by atoms with E-state index in [0.717, 1.165) is 32.5 Å². The van der Waals surface area contributed by atoms with Crippen molar-refractivity contribution in [2.45, 2.75) is 6.92 Å². The minimum absolute atomic E-state index is 0.303. The van der Waals surface area contributed by atoms with Gasteiger partial charge in [-0.1, -0.05) is 6.92 Å². The lowest BCUT2D eigenvalue weighted by molar-refractivity contribution is 0.692. The molecule has 18 heavy (non-hydrogen) atoms. The summed E-state index contributed by atoms with van der Waals surface area (Å²) < 4.78 is 13.5. The van der Waals surface area contributed by atoms with Gasteiger partial charge in [0.2, 0.25) is 0 Å². The normalized spacial score (nSPS) is 27.0. The van der Waals surface area contributed by atoms with Crippen molar-refractivity contribution >= 4 is 33.7 Å². The van der Waals surface area contributed by atoms with E-state index in [1.165, 1.54) is 0 Å². The van der Waals surface area contributed by atoms with Gasteiger partial charge in [0.05, 0.1) is 25.6 Å². The van der Waals surface area contributed by atoms with Crippen molar-refractivity contribution in [1.82, 2.24) is 10.2 Å². The number of rotatable bonds is 2. The summed E-state index contributed by atoms with van der Waals surface area (Å²) in [5.41, 5.74) is 3.06. The molecule has 2 aliphatic rings. The Hall–Kier alpha value is -1.14. The van der Waals surface area contributed by atoms with Crippen LogP contribution in [0.5, 0.6) is 0 Å². The van der Waals surface area contributed by atoms with Crippen LogP contribution in [-0.4, -0.2) is 33.4 Å². The molecule has 1 aromatic rings. The number of H-pyrrole nitrogens is 1. The first-order chi connectivity index (χ1) is 8.74. The van der Waals surface area contributed by atoms with Crippen molar-refractivity contribution in [2.75, 3.05) is 12.8 Å². The Morgan fingerprint density at radius 1 is 1.56 bits per heavy atom. The molecule has 0 spiro atoms. The van der Waals surface area contributed by atoms with Crippen molar-refractivity contribution in [1.29, 1.82) is 0 Å². The molecule has 6 heteroatoms. The lowest BCUT2D eigenvalue weighted by Gasteiger charge is -2.18. The first-order valence-corrected chi connectivity index (χ1v) is 8.05. The highest BCUT2D eigenvalue weighted by Gasteiger charge is 2.35. The molecule has 0 saturated heterocycles. The summed E-state index contributed by atoms with van der Waals surface area (Å²) in [7, 11) is -1.11. The number of aromatic nitrogens is 2. The second-order valence-electron chi connectivity index (χ2n) is 4.28. The molecule has 2 aliphatic heterocycles. The largest absolute Gasteiger partial charge is 0.292 e. The third kappa shape index (κ3) is 1.63. The molecule has 0 fully saturated rings. The molecule has 0 amide bonds. The molecule has 3 heterocycles. The van der Waals surface area contributed by atoms with Crippen LogP contribution in [0.4, 0.5) is 0 Å². The van der Waals surface area contributed by atoms with Crippen molar-refractivity contribution < 1.29 is 4.21 Å². The maximum atomic E-state index is 12.6. The van der Waals surface area contributed by atoms with Gasteiger partial charge in [-0.15, -0.1) is 11.8 Å². The minimum atomic E-state index is -1.11. The molecule has 2 atom stereocenters. The highest BCUT2D eigenvalue weighted by Crippen LogP contribution is 2.45. The molecule has 94 valence electrons. The average molecular weight is 279 g/mol. The molecule has 1 aromatic heterocycles. The van der Waals surface area contributed by atoms with Crippen LogP contribution < -0.4 is 0 Å². The fourth-order valence-corrected chi connectivity index (χ4v) is 4.95. The van der Waals surface area contributed by atoms with Crippen LogP contribution in [-0.2, 0) is 10.8 Å². The van der Waals surface area contributed by atoms with Crippen LogP contribution in [0, 0.1) is 5.92 Å². The molecule has 0 aliphatic carbocycles. The standard InChI is InChI=1S/C12H13N3OS2/c1-7-5-13-6-8-10(7)11(9-3-4-14-15-9)18(16)12(8)17-2/h3-4,6-7H,5H2,1-2H3,(H,14,15)/t7-,18?/m1/s1. The van der Waals surface area contributed by atoms with Crippen LogP contribution in [0.2, 0.25) is 0 Å². The number of aliphatic imine (C=N–C) groups is 1. The highest BCUT2D eigenvalue weighted by atomic mass is 32.2. The Morgan fingerprint density at radius 3 is 3.06 bits per heavy atom. The van der Waals surface area contributed by atoms with Gasteiger partial charge in [-0.25, -0.2) is 4.21 Å². The summed E-state index contributed by atoms with van der Waals surface area (Å²) in [6, 6.07) is 1.87. The van der Waals surface area contributed by atoms with E-state index < -0.39 is 10.8 Å². The van der Waals surface area contributed by atoms with Gasteiger partial charge in [0.1, 0.15) is 0 Å². The smallest absolute Gasteiger partial charge is 0.0946 e. The third-order valence-electron chi connectivity index (χ3n) is 3.13. The Bertz CT molecular complexity index is 599. The fourth-order valence-electron chi connectivity index (χ4n) is 2.34. The molecule has 3 rings (SSSR count). The van der Waals surface area contributed by atoms with Crippen LogP contribution in [0.15, 0.2) is 32.6 Å². The van der Waals surface area contributed by atoms with Gasteiger partial charge in [-0.2, -0.15) is 5.10 Å². The minimum Gasteiger partial charge on any atom is -0.292 e. The average Bonchev–Trinajstić information content (AvgIpc) is 2.95. The Labute approximate surface area is 112 Å². The van der Waals surface area contributed by atoms with Crippen molar-refractivity contribution in [3.05, 3.63) is 33.3 Å². The van der Waals surface area contributed by atoms with E-state index in [9.17, 15) is 4.21 Å². The number of hydrogen-bond donors (Lipinski definition) is 1. The fraction of sp³-hybridized carbons (Fsp3) is 0.333. The molecule has 1 unspecified atom stereocenters. The number of nitrogens with zero attached hydrogens (tertiary/aromatic N) is 2. The number of nitrogens with one attached hydrogen (secondary N) is 1. The molecule has 0 bridgehead atoms. The molecule has 0 saturated carbocycles. The van der Waals surface area contributed by atoms with Crippen molar-refractivity contribution in [3.8, 4) is 0 Å². The molecule has 0 radical (unpaired) electrons. The van der Waals surface area contributed by atoms with Gasteiger partial charge in [-0.3, -0.25) is 10.1 Å². The molecular formula is C12H13N3OS2. The van der Waals surface area contributed by atoms with Gasteiger partial charge in [-0.05, 0) is 17.9 Å². The lowest BCUT2D eigenvalue weighted by atomic mass is 9.92. The van der Waals surface area contributed by atoms with Crippen molar-refractivity contribution in [3.63, 3.8) is 0 Å². The maximum Gasteiger partial charge on any atom is 0.0946 e. The summed E-state index contributed by atoms with van der Waals surface area (Å²) in [5, 5.41) is 6.89. The topological polar surface area (TPSA) is 58.1 Å². The molecule has 4 nitrogen and oxygen atoms in total. The predicted molar refractivity (Wildman–Crippen MR) is 76.7 cm³/mol. The second kappa shape index (κ2) is 4.51. The first-order valence-electron chi connectivity index (χ1n) is 5.68. The van der Waals surface area contributed by atoms with E-state index in [0.29, 0.717) is 5.92 Å². The van der Waals surface area contributed by atoms with Gasteiger partial charge in [0.15, 0.2) is 0 Å². The Balaban J connectivity index is 2.23. The van der Waals surface area contributed by atoms with Gasteiger partial charge in [0.25, 0.3) is 0 Å². The summed E-state index contributed by atoms with van der Waals surface area (Å²) in [4.78, 5) is 5.24. The Morgan fingerprint density at radius 2 is 2.39 bits per heavy atom. The highest BCUT2D eigenvalue weighted by molar-refractivity contribution is 8.19. The van der Waals surface area contributed by atoms with E-state index in [1.807, 2.05) is 18.5 Å². The van der Waals surface area contributed by atoms with Crippen LogP contribution in [0.25, 0.3) is 4.91 Å². The van der Waals surface area contributed by atoms with Gasteiger partial charge < -0.3 is 0 Å². The van der Waals surface area contributed by atoms with E-state index in [2.05, 4.69) is 22.1 Å². The number of thioether (sulfide) groups is 1. The van der Waals surface area contributed by atoms with Gasteiger partial charge >= 0.3 is 0 Å². The summed E-state index contributed by atoms with van der Waals surface area (Å²) in [6.07, 6.45) is 5.52.